The molecule has 0 bridgehead atoms. The van der Waals surface area contributed by atoms with E-state index in [1.165, 1.54) is 115 Å². The summed E-state index contributed by atoms with van der Waals surface area (Å²) in [6, 6.07) is 58.6. The zero-order valence-electron chi connectivity index (χ0n) is 58.4. The zero-order chi connectivity index (χ0) is 70.2. The van der Waals surface area contributed by atoms with Gasteiger partial charge in [0.15, 0.2) is 21.6 Å². The Balaban J connectivity index is 0.0000000830. The maximum Gasteiger partial charge on any atom is 0.333 e. The molecule has 0 saturated heterocycles. The Morgan fingerprint density at radius 3 is 1.49 bits per heavy atom. The van der Waals surface area contributed by atoms with Crippen molar-refractivity contribution < 1.29 is 31.4 Å². The van der Waals surface area contributed by atoms with Gasteiger partial charge >= 0.3 is 11.3 Å². The topological polar surface area (TPSA) is 134 Å². The van der Waals surface area contributed by atoms with Crippen molar-refractivity contribution in [3.8, 4) is 61.9 Å². The number of para-hydroxylation sites is 1. The van der Waals surface area contributed by atoms with Crippen LogP contribution in [0.3, 0.4) is 0 Å². The summed E-state index contributed by atoms with van der Waals surface area (Å²) < 4.78 is 59.9. The van der Waals surface area contributed by atoms with Crippen LogP contribution in [0.2, 0.25) is 0 Å². The Morgan fingerprint density at radius 2 is 0.864 bits per heavy atom. The molecule has 0 spiro atoms. The Bertz CT molecular complexity index is 7080. The first kappa shape index (κ1) is 54.5. The molecular formula is C83H61N18OS+5. The van der Waals surface area contributed by atoms with Gasteiger partial charge in [-0.15, -0.1) is 0 Å². The van der Waals surface area contributed by atoms with Crippen molar-refractivity contribution in [2.45, 2.75) is 32.7 Å². The lowest BCUT2D eigenvalue weighted by molar-refractivity contribution is -0.651. The zero-order valence-corrected chi connectivity index (χ0v) is 56.2. The SMILES string of the molecule is Cn1c2[n+](c3c1cn1ccccc31)Cc1ccncc1-2.[2H]C([2H])([2H])n1c2[n+](c3c1cn1ccccc31)Cc1ccncc1-2.c1ccc(-n2c3[n+](c4c2cc2ccccn24)Cc2ccncc2-3)cc1.c1ccn2c(c1)cc1oc3[n+](c12)Cc1ccncc1-3.c1ccn2c(c1)cc1sc3[n+](c12)Cc1ccncc1-3. The number of hydrogen-bond donors (Lipinski definition) is 0. The van der Waals surface area contributed by atoms with Gasteiger partial charge < -0.3 is 13.2 Å². The highest BCUT2D eigenvalue weighted by Gasteiger charge is 2.39. The lowest BCUT2D eigenvalue weighted by atomic mass is 10.1. The largest absolute Gasteiger partial charge is 0.414 e. The Labute approximate surface area is 594 Å². The number of aryl methyl sites for hydroxylation is 2. The lowest BCUT2D eigenvalue weighted by Gasteiger charge is -2.03. The number of aromatic nitrogens is 18. The van der Waals surface area contributed by atoms with Crippen molar-refractivity contribution >= 4 is 93.7 Å². The molecule has 0 unspecified atom stereocenters. The Kier molecular flexibility index (Phi) is 11.6. The van der Waals surface area contributed by atoms with Crippen molar-refractivity contribution in [3.63, 3.8) is 0 Å². The van der Waals surface area contributed by atoms with Gasteiger partial charge in [-0.1, -0.05) is 59.9 Å². The molecule has 0 N–H and O–H groups in total. The summed E-state index contributed by atoms with van der Waals surface area (Å²) in [6.45, 7) is 2.03. The molecule has 0 radical (unpaired) electrons. The van der Waals surface area contributed by atoms with Gasteiger partial charge in [0, 0.05) is 120 Å². The van der Waals surface area contributed by atoms with Crippen LogP contribution in [0.4, 0.5) is 0 Å². The van der Waals surface area contributed by atoms with E-state index in [9.17, 15) is 0 Å². The van der Waals surface area contributed by atoms with Crippen molar-refractivity contribution in [2.75, 3.05) is 0 Å². The number of nitrogens with zero attached hydrogens (tertiary/aromatic N) is 18. The van der Waals surface area contributed by atoms with Crippen LogP contribution in [-0.4, -0.2) is 60.6 Å². The molecule has 21 aromatic rings. The fourth-order valence-electron chi connectivity index (χ4n) is 16.6. The van der Waals surface area contributed by atoms with Gasteiger partial charge in [-0.05, 0) is 103 Å². The minimum absolute atomic E-state index is 0.668. The van der Waals surface area contributed by atoms with E-state index in [1.54, 1.807) is 12.4 Å². The highest BCUT2D eigenvalue weighted by atomic mass is 32.1. The van der Waals surface area contributed by atoms with Crippen molar-refractivity contribution in [3.05, 3.63) is 303 Å². The minimum atomic E-state index is -2.25. The molecule has 490 valence electrons. The third-order valence-electron chi connectivity index (χ3n) is 21.1. The van der Waals surface area contributed by atoms with Crippen LogP contribution in [0.5, 0.6) is 0 Å². The molecule has 5 aliphatic heterocycles. The maximum absolute atomic E-state index is 8.01. The normalized spacial score (nSPS) is 13.5. The number of hydrogen-bond acceptors (Lipinski definition) is 7. The Hall–Kier alpha value is -13.5. The molecule has 20 aromatic heterocycles. The summed E-state index contributed by atoms with van der Waals surface area (Å²) in [5.74, 6) is 4.08. The van der Waals surface area contributed by atoms with Gasteiger partial charge in [0.25, 0.3) is 23.2 Å². The number of benzene rings is 1. The van der Waals surface area contributed by atoms with Crippen LogP contribution in [0, 0.1) is 0 Å². The van der Waals surface area contributed by atoms with E-state index in [2.05, 4.69) is 246 Å². The first-order chi connectivity index (χ1) is 52.1. The first-order valence-corrected chi connectivity index (χ1v) is 35.1. The van der Waals surface area contributed by atoms with E-state index in [0.29, 0.717) is 12.4 Å². The molecule has 0 fully saturated rings. The molecular weight excluding hydrogens is 1300 g/mol. The van der Waals surface area contributed by atoms with Gasteiger partial charge in [0.2, 0.25) is 22.4 Å². The van der Waals surface area contributed by atoms with Crippen LogP contribution in [0.25, 0.3) is 144 Å². The van der Waals surface area contributed by atoms with Crippen LogP contribution in [0.15, 0.2) is 280 Å². The second-order valence-corrected chi connectivity index (χ2v) is 27.7. The summed E-state index contributed by atoms with van der Waals surface area (Å²) in [5.41, 5.74) is 29.2. The van der Waals surface area contributed by atoms with Crippen molar-refractivity contribution in [1.82, 2.24) is 60.6 Å². The standard InChI is InChI=1S/C21H15N4.2C16H13N4.C15H10N3O.C15H10N3S/c1-2-6-16(7-3-1)25-19-12-17-8-4-5-11-23(17)21(19)24-14-15-9-10-22-13-18(15)20(24)25;2*1-18-14-10-19-7-3-2-4-13(19)15(14)20-9-11-5-6-17-8-12(11)16(18)20;2*1-2-6-17-11(3-1)7-13-14(17)18-9-10-4-5-16-8-12(10)15(18)19-13/h1-13H,14H2;2*2-8,10H,9H2,1H3;2*1-8H,9H2/q5*+1/i;1D3;;;. The second kappa shape index (κ2) is 22.0. The summed E-state index contributed by atoms with van der Waals surface area (Å²) in [4.78, 5) is 21.3. The minimum Gasteiger partial charge on any atom is -0.414 e. The van der Waals surface area contributed by atoms with Gasteiger partial charge in [-0.25, -0.2) is 36.4 Å². The van der Waals surface area contributed by atoms with E-state index in [-0.39, 0.29) is 0 Å². The number of rotatable bonds is 1. The molecule has 103 heavy (non-hydrogen) atoms. The van der Waals surface area contributed by atoms with E-state index in [4.69, 9.17) is 8.53 Å². The van der Waals surface area contributed by atoms with Crippen LogP contribution < -0.4 is 22.8 Å². The average molecular weight is 1360 g/mol. The molecule has 0 atom stereocenters. The molecule has 20 heteroatoms. The van der Waals surface area contributed by atoms with E-state index in [1.807, 2.05) is 114 Å². The van der Waals surface area contributed by atoms with Gasteiger partial charge in [0.05, 0.1) is 94.5 Å². The first-order valence-electron chi connectivity index (χ1n) is 35.8. The molecule has 25 heterocycles. The van der Waals surface area contributed by atoms with Crippen molar-refractivity contribution in [1.29, 1.82) is 0 Å². The molecule has 0 amide bonds. The maximum atomic E-state index is 8.01. The summed E-state index contributed by atoms with van der Waals surface area (Å²) >= 11 is 1.86. The third-order valence-corrected chi connectivity index (χ3v) is 22.3. The predicted octanol–water partition coefficient (Wildman–Crippen LogP) is 13.1. The fraction of sp³-hybridized carbons (Fsp3) is 0.0843. The molecule has 19 nitrogen and oxygen atoms in total. The van der Waals surface area contributed by atoms with Crippen LogP contribution in [-0.2, 0) is 46.7 Å². The van der Waals surface area contributed by atoms with Gasteiger partial charge in [0.1, 0.15) is 53.1 Å². The molecule has 0 saturated carbocycles. The third kappa shape index (κ3) is 8.43. The van der Waals surface area contributed by atoms with Crippen LogP contribution in [0.1, 0.15) is 31.9 Å². The van der Waals surface area contributed by atoms with Crippen LogP contribution >= 0.6 is 11.3 Å². The van der Waals surface area contributed by atoms with Crippen molar-refractivity contribution in [2.24, 2.45) is 14.0 Å². The second-order valence-electron chi connectivity index (χ2n) is 26.7. The highest BCUT2D eigenvalue weighted by molar-refractivity contribution is 7.21. The number of oxazole rings is 1. The fourth-order valence-corrected chi connectivity index (χ4v) is 17.8. The number of fused-ring (bicyclic) bond motifs is 35. The molecule has 5 aliphatic rings. The van der Waals surface area contributed by atoms with Gasteiger partial charge in [-0.3, -0.25) is 24.9 Å². The van der Waals surface area contributed by atoms with Gasteiger partial charge in [-0.2, -0.15) is 13.4 Å². The number of pyridine rings is 10. The molecule has 1 aromatic carbocycles. The predicted molar refractivity (Wildman–Crippen MR) is 395 cm³/mol. The number of imidazole rings is 3. The summed E-state index contributed by atoms with van der Waals surface area (Å²) in [5, 5.41) is 1.33. The lowest BCUT2D eigenvalue weighted by Crippen LogP contribution is -2.32. The molecule has 26 rings (SSSR count). The van der Waals surface area contributed by atoms with E-state index >= 15 is 0 Å². The molecule has 0 aliphatic carbocycles. The highest BCUT2D eigenvalue weighted by Crippen LogP contribution is 2.40. The summed E-state index contributed by atoms with van der Waals surface area (Å²) in [6.07, 6.45) is 33.3. The number of thiazole rings is 1. The smallest absolute Gasteiger partial charge is 0.333 e. The average Bonchev–Trinajstić information content (AvgIpc) is 1.57. The monoisotopic (exact) mass is 1360 g/mol. The van der Waals surface area contributed by atoms with E-state index in [0.717, 1.165) is 82.1 Å². The quantitative estimate of drug-likeness (QED) is 0.150. The summed E-state index contributed by atoms with van der Waals surface area (Å²) in [7, 11) is 2.13. The Morgan fingerprint density at radius 1 is 0.398 bits per heavy atom. The van der Waals surface area contributed by atoms with E-state index < -0.39 is 6.98 Å².